The summed E-state index contributed by atoms with van der Waals surface area (Å²) in [7, 11) is -9.92. The van der Waals surface area contributed by atoms with Gasteiger partial charge >= 0.3 is 39.5 Å². The highest BCUT2D eigenvalue weighted by atomic mass is 31.2. The highest BCUT2D eigenvalue weighted by molar-refractivity contribution is 7.47. The summed E-state index contributed by atoms with van der Waals surface area (Å²) >= 11 is 0. The van der Waals surface area contributed by atoms with E-state index >= 15 is 0 Å². The van der Waals surface area contributed by atoms with Gasteiger partial charge in [-0.05, 0) is 37.5 Å². The molecule has 0 aromatic heterocycles. The molecular weight excluding hydrogens is 1350 g/mol. The van der Waals surface area contributed by atoms with Crippen molar-refractivity contribution in [3.8, 4) is 0 Å². The molecule has 17 nitrogen and oxygen atoms in total. The van der Waals surface area contributed by atoms with Crippen LogP contribution in [0.25, 0.3) is 0 Å². The topological polar surface area (TPSA) is 237 Å². The van der Waals surface area contributed by atoms with E-state index in [0.717, 1.165) is 115 Å². The molecule has 0 bridgehead atoms. The predicted molar refractivity (Wildman–Crippen MR) is 428 cm³/mol. The second-order valence-electron chi connectivity index (χ2n) is 31.3. The zero-order valence-electron chi connectivity index (χ0n) is 68.3. The van der Waals surface area contributed by atoms with Gasteiger partial charge in [-0.15, -0.1) is 0 Å². The lowest BCUT2D eigenvalue weighted by molar-refractivity contribution is -0.161. The van der Waals surface area contributed by atoms with E-state index in [-0.39, 0.29) is 25.7 Å². The van der Waals surface area contributed by atoms with Crippen LogP contribution in [0.3, 0.4) is 0 Å². The molecule has 3 unspecified atom stereocenters. The lowest BCUT2D eigenvalue weighted by Gasteiger charge is -2.21. The van der Waals surface area contributed by atoms with Crippen molar-refractivity contribution in [1.82, 2.24) is 0 Å². The number of ether oxygens (including phenoxy) is 4. The van der Waals surface area contributed by atoms with Crippen LogP contribution in [0, 0.1) is 11.8 Å². The predicted octanol–water partition coefficient (Wildman–Crippen LogP) is 25.8. The molecular formula is C85H166O17P2. The third-order valence-electron chi connectivity index (χ3n) is 20.3. The number of phosphoric acid groups is 2. The lowest BCUT2D eigenvalue weighted by atomic mass is 9.99. The fraction of sp³-hybridized carbons (Fsp3) is 0.953. The number of aliphatic hydroxyl groups excluding tert-OH is 1. The second-order valence-corrected chi connectivity index (χ2v) is 34.2. The zero-order chi connectivity index (χ0) is 76.4. The van der Waals surface area contributed by atoms with Gasteiger partial charge in [-0.3, -0.25) is 37.3 Å². The van der Waals surface area contributed by atoms with Gasteiger partial charge in [0.25, 0.3) is 0 Å². The Labute approximate surface area is 638 Å². The van der Waals surface area contributed by atoms with Gasteiger partial charge in [0, 0.05) is 25.7 Å². The van der Waals surface area contributed by atoms with Crippen LogP contribution >= 0.6 is 15.6 Å². The van der Waals surface area contributed by atoms with Crippen LogP contribution in [0.15, 0.2) is 0 Å². The molecule has 0 saturated carbocycles. The fourth-order valence-electron chi connectivity index (χ4n) is 13.2. The highest BCUT2D eigenvalue weighted by Gasteiger charge is 2.30. The summed E-state index contributed by atoms with van der Waals surface area (Å²) in [4.78, 5) is 73.0. The number of hydrogen-bond donors (Lipinski definition) is 3. The van der Waals surface area contributed by atoms with Crippen molar-refractivity contribution in [3.05, 3.63) is 0 Å². The van der Waals surface area contributed by atoms with E-state index in [9.17, 15) is 43.2 Å². The van der Waals surface area contributed by atoms with Crippen molar-refractivity contribution in [2.75, 3.05) is 39.6 Å². The van der Waals surface area contributed by atoms with Gasteiger partial charge in [-0.2, -0.15) is 0 Å². The minimum absolute atomic E-state index is 0.107. The molecule has 6 atom stereocenters. The van der Waals surface area contributed by atoms with Gasteiger partial charge in [-0.25, -0.2) is 9.13 Å². The normalized spacial score (nSPS) is 14.1. The Hall–Kier alpha value is -1.94. The van der Waals surface area contributed by atoms with E-state index in [4.69, 9.17) is 37.0 Å². The molecule has 0 amide bonds. The Balaban J connectivity index is 5.16. The first kappa shape index (κ1) is 102. The van der Waals surface area contributed by atoms with E-state index < -0.39 is 97.5 Å². The summed E-state index contributed by atoms with van der Waals surface area (Å²) in [6.45, 7) is 9.69. The summed E-state index contributed by atoms with van der Waals surface area (Å²) in [5.41, 5.74) is 0. The summed E-state index contributed by atoms with van der Waals surface area (Å²) in [5, 5.41) is 10.6. The Morgan fingerprint density at radius 3 is 0.731 bits per heavy atom. The van der Waals surface area contributed by atoms with Gasteiger partial charge in [0.05, 0.1) is 26.4 Å². The molecule has 0 heterocycles. The number of esters is 4. The fourth-order valence-corrected chi connectivity index (χ4v) is 14.8. The van der Waals surface area contributed by atoms with Crippen molar-refractivity contribution in [2.24, 2.45) is 11.8 Å². The average molecular weight is 1520 g/mol. The maximum absolute atomic E-state index is 13.1. The molecule has 0 aliphatic rings. The Kier molecular flexibility index (Phi) is 75.0. The Morgan fingerprint density at radius 2 is 0.490 bits per heavy atom. The quantitative estimate of drug-likeness (QED) is 0.0222. The molecule has 19 heteroatoms. The number of rotatable bonds is 84. The maximum Gasteiger partial charge on any atom is 0.472 e. The highest BCUT2D eigenvalue weighted by Crippen LogP contribution is 2.45. The van der Waals surface area contributed by atoms with Gasteiger partial charge in [-0.1, -0.05) is 401 Å². The molecule has 0 aliphatic carbocycles. The first-order valence-electron chi connectivity index (χ1n) is 44.0. The molecule has 104 heavy (non-hydrogen) atoms. The number of carbonyl (C=O) groups is 4. The van der Waals surface area contributed by atoms with Crippen LogP contribution in [0.5, 0.6) is 0 Å². The number of hydrogen-bond acceptors (Lipinski definition) is 15. The molecule has 0 spiro atoms. The molecule has 0 aliphatic heterocycles. The van der Waals surface area contributed by atoms with Crippen molar-refractivity contribution >= 4 is 39.5 Å². The summed E-state index contributed by atoms with van der Waals surface area (Å²) < 4.78 is 68.7. The van der Waals surface area contributed by atoms with E-state index in [1.165, 1.54) is 257 Å². The average Bonchev–Trinajstić information content (AvgIpc) is 0.906. The van der Waals surface area contributed by atoms with Gasteiger partial charge in [0.2, 0.25) is 0 Å². The number of phosphoric ester groups is 2. The van der Waals surface area contributed by atoms with Crippen molar-refractivity contribution < 1.29 is 80.2 Å². The minimum Gasteiger partial charge on any atom is -0.462 e. The molecule has 3 N–H and O–H groups in total. The first-order valence-corrected chi connectivity index (χ1v) is 47.0. The summed E-state index contributed by atoms with van der Waals surface area (Å²) in [5.74, 6) is -0.461. The molecule has 0 fully saturated rings. The monoisotopic (exact) mass is 1520 g/mol. The third kappa shape index (κ3) is 76.8. The second kappa shape index (κ2) is 76.4. The van der Waals surface area contributed by atoms with E-state index in [1.54, 1.807) is 0 Å². The van der Waals surface area contributed by atoms with Crippen LogP contribution in [-0.2, 0) is 65.4 Å². The maximum atomic E-state index is 13.1. The molecule has 0 aromatic rings. The van der Waals surface area contributed by atoms with E-state index in [1.807, 2.05) is 0 Å². The Bertz CT molecular complexity index is 2000. The molecule has 0 aromatic carbocycles. The number of unbranched alkanes of at least 4 members (excludes halogenated alkanes) is 53. The number of carbonyl (C=O) groups excluding carboxylic acids is 4. The van der Waals surface area contributed by atoms with Crippen LogP contribution < -0.4 is 0 Å². The number of aliphatic hydroxyl groups is 1. The van der Waals surface area contributed by atoms with Gasteiger partial charge in [0.15, 0.2) is 12.2 Å². The minimum atomic E-state index is -4.96. The van der Waals surface area contributed by atoms with Crippen molar-refractivity contribution in [1.29, 1.82) is 0 Å². The van der Waals surface area contributed by atoms with E-state index in [2.05, 4.69) is 41.5 Å². The molecule has 0 saturated heterocycles. The van der Waals surface area contributed by atoms with Crippen LogP contribution in [0.2, 0.25) is 0 Å². The third-order valence-corrected chi connectivity index (χ3v) is 22.2. The lowest BCUT2D eigenvalue weighted by Crippen LogP contribution is -2.30. The zero-order valence-corrected chi connectivity index (χ0v) is 70.1. The molecule has 0 rings (SSSR count). The van der Waals surface area contributed by atoms with Crippen molar-refractivity contribution in [2.45, 2.75) is 471 Å². The summed E-state index contributed by atoms with van der Waals surface area (Å²) in [6.07, 6.45) is 68.3. The van der Waals surface area contributed by atoms with Crippen LogP contribution in [-0.4, -0.2) is 96.7 Å². The summed E-state index contributed by atoms with van der Waals surface area (Å²) in [6, 6.07) is 0. The molecule has 0 radical (unpaired) electrons. The first-order chi connectivity index (χ1) is 50.4. The Morgan fingerprint density at radius 1 is 0.279 bits per heavy atom. The SMILES string of the molecule is CCCCCCCCCCCCCCCCCCCCCCC(=O)OC[C@H](COP(=O)(O)OC[C@@H](O)COP(=O)(O)OC[C@@H](COC(=O)CCCCCCCCC)OC(=O)CCCCCCCCCCCCCCC(C)C)OC(=O)CCCCCCCCCCCCCCCCCCCCC(C)CC. The van der Waals surface area contributed by atoms with Crippen LogP contribution in [0.1, 0.15) is 452 Å². The van der Waals surface area contributed by atoms with Gasteiger partial charge in [0.1, 0.15) is 19.3 Å². The van der Waals surface area contributed by atoms with Crippen molar-refractivity contribution in [3.63, 3.8) is 0 Å². The van der Waals surface area contributed by atoms with E-state index in [0.29, 0.717) is 25.7 Å². The smallest absolute Gasteiger partial charge is 0.462 e. The largest absolute Gasteiger partial charge is 0.472 e. The molecule has 618 valence electrons. The van der Waals surface area contributed by atoms with Crippen LogP contribution in [0.4, 0.5) is 0 Å². The van der Waals surface area contributed by atoms with Gasteiger partial charge < -0.3 is 33.8 Å². The standard InChI is InChI=1S/C85H166O17P2/c1-7-10-12-14-16-17-18-19-20-21-22-23-27-30-33-39-44-50-56-62-68-83(88)96-74-81(102-85(90)69-63-57-51-45-40-34-31-28-25-24-26-29-32-38-43-49-54-60-66-78(6)9-3)76-100-104(93,94)98-72-79(86)71-97-103(91,92)99-75-80(73-95-82(87)67-61-55-47-15-13-11-8-2)101-84(89)70-64-58-52-46-41-36-35-37-42-48-53-59-65-77(4)5/h77-81,86H,7-76H2,1-6H3,(H,91,92)(H,93,94)/t78?,79-,80+,81+/m0/s1.